The van der Waals surface area contributed by atoms with Gasteiger partial charge >= 0.3 is 5.97 Å². The van der Waals surface area contributed by atoms with Crippen LogP contribution in [0.2, 0.25) is 0 Å². The average Bonchev–Trinajstić information content (AvgIpc) is 2.23. The van der Waals surface area contributed by atoms with Crippen molar-refractivity contribution < 1.29 is 9.53 Å². The molecule has 2 saturated carbocycles. The van der Waals surface area contributed by atoms with E-state index in [-0.39, 0.29) is 11.6 Å². The Bertz CT molecular complexity index is 373. The van der Waals surface area contributed by atoms with Crippen LogP contribution in [0, 0.1) is 22.7 Å². The Morgan fingerprint density at radius 3 is 2.32 bits per heavy atom. The number of carbonyl (C=O) groups is 1. The van der Waals surface area contributed by atoms with Gasteiger partial charge in [-0.1, -0.05) is 34.1 Å². The van der Waals surface area contributed by atoms with Crippen molar-refractivity contribution in [2.24, 2.45) is 22.7 Å². The first-order chi connectivity index (χ1) is 8.62. The number of fused-ring (bicyclic) bond motifs is 1. The van der Waals surface area contributed by atoms with Crippen molar-refractivity contribution in [3.8, 4) is 0 Å². The van der Waals surface area contributed by atoms with Crippen LogP contribution in [-0.2, 0) is 9.53 Å². The maximum absolute atomic E-state index is 11.4. The number of hydrogen-bond donors (Lipinski definition) is 0. The molecule has 2 aliphatic carbocycles. The van der Waals surface area contributed by atoms with Crippen LogP contribution in [-0.4, -0.2) is 11.6 Å². The molecule has 110 valence electrons. The van der Waals surface area contributed by atoms with Gasteiger partial charge in [-0.25, -0.2) is 0 Å². The van der Waals surface area contributed by atoms with Crippen molar-refractivity contribution in [2.45, 2.75) is 79.2 Å². The van der Waals surface area contributed by atoms with Gasteiger partial charge in [0.2, 0.25) is 0 Å². The highest BCUT2D eigenvalue weighted by atomic mass is 16.6. The van der Waals surface area contributed by atoms with Crippen LogP contribution >= 0.6 is 0 Å². The van der Waals surface area contributed by atoms with Gasteiger partial charge in [-0.05, 0) is 49.4 Å². The van der Waals surface area contributed by atoms with Crippen LogP contribution in [0.4, 0.5) is 0 Å². The molecule has 2 nitrogen and oxygen atoms in total. The molecule has 0 aromatic rings. The molecule has 0 bridgehead atoms. The van der Waals surface area contributed by atoms with Crippen molar-refractivity contribution in [1.82, 2.24) is 0 Å². The first-order valence-electron chi connectivity index (χ1n) is 7.81. The molecule has 0 amide bonds. The number of rotatable bonds is 1. The first kappa shape index (κ1) is 14.9. The Labute approximate surface area is 118 Å². The summed E-state index contributed by atoms with van der Waals surface area (Å²) in [6.45, 7) is 13.3. The second-order valence-corrected chi connectivity index (χ2v) is 8.07. The fourth-order valence-electron chi connectivity index (χ4n) is 5.22. The fourth-order valence-corrected chi connectivity index (χ4v) is 5.22. The zero-order valence-corrected chi connectivity index (χ0v) is 13.5. The van der Waals surface area contributed by atoms with Gasteiger partial charge in [0.1, 0.15) is 5.60 Å². The van der Waals surface area contributed by atoms with E-state index in [1.165, 1.54) is 32.6 Å². The molecule has 4 unspecified atom stereocenters. The minimum absolute atomic E-state index is 0.133. The zero-order chi connectivity index (χ0) is 14.5. The van der Waals surface area contributed by atoms with E-state index in [1.54, 1.807) is 0 Å². The Balaban J connectivity index is 2.31. The third kappa shape index (κ3) is 2.32. The summed E-state index contributed by atoms with van der Waals surface area (Å²) in [5, 5.41) is 0. The largest absolute Gasteiger partial charge is 0.459 e. The van der Waals surface area contributed by atoms with Crippen LogP contribution < -0.4 is 0 Å². The lowest BCUT2D eigenvalue weighted by atomic mass is 9.46. The maximum Gasteiger partial charge on any atom is 0.303 e. The van der Waals surface area contributed by atoms with Gasteiger partial charge in [-0.15, -0.1) is 0 Å². The second kappa shape index (κ2) is 4.49. The quantitative estimate of drug-likeness (QED) is 0.650. The van der Waals surface area contributed by atoms with Crippen LogP contribution in [0.25, 0.3) is 0 Å². The average molecular weight is 266 g/mol. The van der Waals surface area contributed by atoms with Crippen LogP contribution in [0.3, 0.4) is 0 Å². The van der Waals surface area contributed by atoms with Crippen LogP contribution in [0.1, 0.15) is 73.6 Å². The van der Waals surface area contributed by atoms with E-state index < -0.39 is 0 Å². The SMILES string of the molecule is CC(=O)OC1(C)CCC2C(C)(C)CCCC2(C)C1C. The van der Waals surface area contributed by atoms with Crippen molar-refractivity contribution >= 4 is 5.97 Å². The lowest BCUT2D eigenvalue weighted by Crippen LogP contribution is -2.57. The highest BCUT2D eigenvalue weighted by Gasteiger charge is 2.57. The van der Waals surface area contributed by atoms with Gasteiger partial charge < -0.3 is 4.74 Å². The molecule has 4 atom stereocenters. The van der Waals surface area contributed by atoms with Gasteiger partial charge in [0.25, 0.3) is 0 Å². The molecule has 0 saturated heterocycles. The summed E-state index contributed by atoms with van der Waals surface area (Å²) in [5.74, 6) is 1.06. The molecule has 0 heterocycles. The summed E-state index contributed by atoms with van der Waals surface area (Å²) < 4.78 is 5.73. The Hall–Kier alpha value is -0.530. The topological polar surface area (TPSA) is 26.3 Å². The Kier molecular flexibility index (Phi) is 3.52. The lowest BCUT2D eigenvalue weighted by Gasteiger charge is -2.61. The molecule has 0 radical (unpaired) electrons. The van der Waals surface area contributed by atoms with E-state index in [9.17, 15) is 4.79 Å². The Morgan fingerprint density at radius 2 is 1.74 bits per heavy atom. The van der Waals surface area contributed by atoms with Gasteiger partial charge in [0.05, 0.1) is 0 Å². The summed E-state index contributed by atoms with van der Waals surface area (Å²) in [7, 11) is 0. The highest BCUT2D eigenvalue weighted by Crippen LogP contribution is 2.62. The van der Waals surface area contributed by atoms with Gasteiger partial charge in [-0.3, -0.25) is 4.79 Å². The molecular weight excluding hydrogens is 236 g/mol. The van der Waals surface area contributed by atoms with E-state index in [0.29, 0.717) is 16.7 Å². The summed E-state index contributed by atoms with van der Waals surface area (Å²) in [6, 6.07) is 0. The molecule has 0 spiro atoms. The smallest absolute Gasteiger partial charge is 0.303 e. The summed E-state index contributed by atoms with van der Waals surface area (Å²) in [6.07, 6.45) is 6.12. The van der Waals surface area contributed by atoms with Crippen molar-refractivity contribution in [2.75, 3.05) is 0 Å². The molecule has 2 fully saturated rings. The number of esters is 1. The van der Waals surface area contributed by atoms with E-state index >= 15 is 0 Å². The maximum atomic E-state index is 11.4. The van der Waals surface area contributed by atoms with E-state index in [0.717, 1.165) is 12.3 Å². The monoisotopic (exact) mass is 266 g/mol. The van der Waals surface area contributed by atoms with Gasteiger partial charge in [-0.2, -0.15) is 0 Å². The summed E-state index contributed by atoms with van der Waals surface area (Å²) in [5.41, 5.74) is 0.466. The highest BCUT2D eigenvalue weighted by molar-refractivity contribution is 5.66. The van der Waals surface area contributed by atoms with Crippen molar-refractivity contribution in [1.29, 1.82) is 0 Å². The molecule has 19 heavy (non-hydrogen) atoms. The van der Waals surface area contributed by atoms with Gasteiger partial charge in [0.15, 0.2) is 0 Å². The van der Waals surface area contributed by atoms with E-state index in [2.05, 4.69) is 34.6 Å². The Morgan fingerprint density at radius 1 is 1.11 bits per heavy atom. The molecule has 0 aliphatic heterocycles. The molecule has 2 aliphatic rings. The number of hydrogen-bond acceptors (Lipinski definition) is 2. The number of ether oxygens (including phenoxy) is 1. The first-order valence-corrected chi connectivity index (χ1v) is 7.81. The molecule has 2 rings (SSSR count). The van der Waals surface area contributed by atoms with Gasteiger partial charge in [0, 0.05) is 12.8 Å². The van der Waals surface area contributed by atoms with Crippen molar-refractivity contribution in [3.63, 3.8) is 0 Å². The molecule has 2 heteroatoms. The third-order valence-corrected chi connectivity index (χ3v) is 6.49. The van der Waals surface area contributed by atoms with E-state index in [1.807, 2.05) is 0 Å². The van der Waals surface area contributed by atoms with Crippen LogP contribution in [0.15, 0.2) is 0 Å². The molecular formula is C17H30O2. The normalized spacial score (nSPS) is 45.4. The fraction of sp³-hybridized carbons (Fsp3) is 0.941. The zero-order valence-electron chi connectivity index (χ0n) is 13.5. The third-order valence-electron chi connectivity index (χ3n) is 6.49. The summed E-state index contributed by atoms with van der Waals surface area (Å²) >= 11 is 0. The minimum atomic E-state index is -0.273. The number of carbonyl (C=O) groups excluding carboxylic acids is 1. The summed E-state index contributed by atoms with van der Waals surface area (Å²) in [4.78, 5) is 11.4. The predicted molar refractivity (Wildman–Crippen MR) is 77.8 cm³/mol. The lowest BCUT2D eigenvalue weighted by molar-refractivity contribution is -0.194. The van der Waals surface area contributed by atoms with Crippen molar-refractivity contribution in [3.05, 3.63) is 0 Å². The predicted octanol–water partition coefficient (Wildman–Crippen LogP) is 4.57. The molecule has 0 aromatic heterocycles. The molecule has 0 N–H and O–H groups in total. The standard InChI is InChI=1S/C17H30O2/c1-12-16(5)10-7-9-15(3,4)14(16)8-11-17(12,6)19-13(2)18/h12,14H,7-11H2,1-6H3. The minimum Gasteiger partial charge on any atom is -0.459 e. The molecule has 0 aromatic carbocycles. The second-order valence-electron chi connectivity index (χ2n) is 8.07. The van der Waals surface area contributed by atoms with E-state index in [4.69, 9.17) is 4.74 Å². The van der Waals surface area contributed by atoms with Crippen LogP contribution in [0.5, 0.6) is 0 Å².